The molecule has 0 unspecified atom stereocenters. The molecule has 2 aromatic carbocycles. The number of hydrazone groups is 1. The number of nitrogens with one attached hydrogen (secondary N) is 1. The Morgan fingerprint density at radius 3 is 2.50 bits per heavy atom. The third-order valence-electron chi connectivity index (χ3n) is 3.33. The first-order chi connectivity index (χ1) is 10.4. The SMILES string of the molecule is C/C(=N/NC(=O)c1cc(O)ccc1O)c1cc(C)ccc1C. The summed E-state index contributed by atoms with van der Waals surface area (Å²) in [4.78, 5) is 12.0. The van der Waals surface area contributed by atoms with Crippen molar-refractivity contribution in [1.29, 1.82) is 0 Å². The van der Waals surface area contributed by atoms with Crippen molar-refractivity contribution in [3.8, 4) is 11.5 Å². The van der Waals surface area contributed by atoms with Gasteiger partial charge in [0.25, 0.3) is 5.91 Å². The summed E-state index contributed by atoms with van der Waals surface area (Å²) in [5, 5.41) is 23.1. The molecule has 3 N–H and O–H groups in total. The Morgan fingerprint density at radius 1 is 1.05 bits per heavy atom. The zero-order valence-electron chi connectivity index (χ0n) is 12.7. The quantitative estimate of drug-likeness (QED) is 0.463. The van der Waals surface area contributed by atoms with E-state index in [2.05, 4.69) is 10.5 Å². The summed E-state index contributed by atoms with van der Waals surface area (Å²) in [5.74, 6) is -0.897. The molecule has 1 amide bonds. The molecule has 2 aromatic rings. The summed E-state index contributed by atoms with van der Waals surface area (Å²) in [7, 11) is 0. The molecule has 0 saturated heterocycles. The second-order valence-corrected chi connectivity index (χ2v) is 5.16. The van der Waals surface area contributed by atoms with Crippen LogP contribution in [-0.4, -0.2) is 21.8 Å². The van der Waals surface area contributed by atoms with Gasteiger partial charge in [0.05, 0.1) is 11.3 Å². The van der Waals surface area contributed by atoms with Crippen LogP contribution in [0.2, 0.25) is 0 Å². The average Bonchev–Trinajstić information content (AvgIpc) is 2.49. The van der Waals surface area contributed by atoms with Crippen LogP contribution in [-0.2, 0) is 0 Å². The number of rotatable bonds is 3. The molecule has 0 aliphatic rings. The maximum absolute atomic E-state index is 12.0. The standard InChI is InChI=1S/C17H18N2O3/c1-10-4-5-11(2)14(8-10)12(3)18-19-17(22)15-9-13(20)6-7-16(15)21/h4-9,20-21H,1-3H3,(H,19,22)/b18-12-. The highest BCUT2D eigenvalue weighted by molar-refractivity contribution is 6.02. The predicted molar refractivity (Wildman–Crippen MR) is 85.4 cm³/mol. The van der Waals surface area contributed by atoms with Crippen LogP contribution < -0.4 is 5.43 Å². The number of phenols is 2. The number of aromatic hydroxyl groups is 2. The van der Waals surface area contributed by atoms with Gasteiger partial charge in [0.2, 0.25) is 0 Å². The lowest BCUT2D eigenvalue weighted by Crippen LogP contribution is -2.19. The fraction of sp³-hybridized carbons (Fsp3) is 0.176. The fourth-order valence-electron chi connectivity index (χ4n) is 2.09. The van der Waals surface area contributed by atoms with Gasteiger partial charge in [-0.05, 0) is 50.6 Å². The number of benzene rings is 2. The van der Waals surface area contributed by atoms with Crippen molar-refractivity contribution in [1.82, 2.24) is 5.43 Å². The van der Waals surface area contributed by atoms with E-state index < -0.39 is 5.91 Å². The normalized spacial score (nSPS) is 11.3. The third kappa shape index (κ3) is 3.44. The molecular formula is C17H18N2O3. The minimum absolute atomic E-state index is 0.0301. The number of carbonyl (C=O) groups excluding carboxylic acids is 1. The van der Waals surface area contributed by atoms with E-state index in [0.29, 0.717) is 5.71 Å². The zero-order chi connectivity index (χ0) is 16.3. The van der Waals surface area contributed by atoms with Gasteiger partial charge in [-0.15, -0.1) is 0 Å². The van der Waals surface area contributed by atoms with Crippen molar-refractivity contribution in [2.45, 2.75) is 20.8 Å². The highest BCUT2D eigenvalue weighted by atomic mass is 16.3. The van der Waals surface area contributed by atoms with Crippen LogP contribution in [0.1, 0.15) is 34.0 Å². The van der Waals surface area contributed by atoms with E-state index in [1.165, 1.54) is 18.2 Å². The molecule has 5 nitrogen and oxygen atoms in total. The molecule has 5 heteroatoms. The molecular weight excluding hydrogens is 280 g/mol. The summed E-state index contributed by atoms with van der Waals surface area (Å²) in [6, 6.07) is 9.74. The second kappa shape index (κ2) is 6.30. The number of amides is 1. The highest BCUT2D eigenvalue weighted by Gasteiger charge is 2.12. The molecule has 114 valence electrons. The van der Waals surface area contributed by atoms with Crippen LogP contribution in [0, 0.1) is 13.8 Å². The lowest BCUT2D eigenvalue weighted by atomic mass is 10.0. The van der Waals surface area contributed by atoms with Crippen molar-refractivity contribution >= 4 is 11.6 Å². The van der Waals surface area contributed by atoms with Gasteiger partial charge in [-0.1, -0.05) is 17.7 Å². The van der Waals surface area contributed by atoms with Crippen LogP contribution in [0.4, 0.5) is 0 Å². The lowest BCUT2D eigenvalue weighted by Gasteiger charge is -2.08. The molecule has 2 rings (SSSR count). The Hall–Kier alpha value is -2.82. The third-order valence-corrected chi connectivity index (χ3v) is 3.33. The Kier molecular flexibility index (Phi) is 4.46. The molecule has 0 aliphatic heterocycles. The van der Waals surface area contributed by atoms with Crippen molar-refractivity contribution in [3.05, 3.63) is 58.7 Å². The fourth-order valence-corrected chi connectivity index (χ4v) is 2.09. The Labute approximate surface area is 128 Å². The number of hydrogen-bond donors (Lipinski definition) is 3. The lowest BCUT2D eigenvalue weighted by molar-refractivity contribution is 0.0951. The van der Waals surface area contributed by atoms with Gasteiger partial charge in [0.15, 0.2) is 0 Å². The topological polar surface area (TPSA) is 81.9 Å². The number of phenolic OH excluding ortho intramolecular Hbond substituents is 2. The first-order valence-electron chi connectivity index (χ1n) is 6.82. The number of nitrogens with zero attached hydrogens (tertiary/aromatic N) is 1. The summed E-state index contributed by atoms with van der Waals surface area (Å²) in [5.41, 5.74) is 6.13. The van der Waals surface area contributed by atoms with Crippen LogP contribution in [0.15, 0.2) is 41.5 Å². The largest absolute Gasteiger partial charge is 0.508 e. The van der Waals surface area contributed by atoms with Crippen molar-refractivity contribution in [2.75, 3.05) is 0 Å². The number of carbonyl (C=O) groups is 1. The molecule has 0 bridgehead atoms. The average molecular weight is 298 g/mol. The molecule has 0 radical (unpaired) electrons. The maximum Gasteiger partial charge on any atom is 0.275 e. The molecule has 0 spiro atoms. The minimum Gasteiger partial charge on any atom is -0.508 e. The summed E-state index contributed by atoms with van der Waals surface area (Å²) in [6.07, 6.45) is 0. The maximum atomic E-state index is 12.0. The smallest absolute Gasteiger partial charge is 0.275 e. The van der Waals surface area contributed by atoms with Crippen LogP contribution in [0.3, 0.4) is 0 Å². The van der Waals surface area contributed by atoms with Gasteiger partial charge >= 0.3 is 0 Å². The first kappa shape index (κ1) is 15.6. The van der Waals surface area contributed by atoms with Crippen LogP contribution in [0.5, 0.6) is 11.5 Å². The van der Waals surface area contributed by atoms with Gasteiger partial charge in [0, 0.05) is 5.56 Å². The molecule has 0 aliphatic carbocycles. The highest BCUT2D eigenvalue weighted by Crippen LogP contribution is 2.21. The summed E-state index contributed by atoms with van der Waals surface area (Å²) < 4.78 is 0. The Morgan fingerprint density at radius 2 is 1.77 bits per heavy atom. The van der Waals surface area contributed by atoms with Crippen molar-refractivity contribution in [3.63, 3.8) is 0 Å². The first-order valence-corrected chi connectivity index (χ1v) is 6.82. The van der Waals surface area contributed by atoms with Gasteiger partial charge < -0.3 is 10.2 Å². The second-order valence-electron chi connectivity index (χ2n) is 5.16. The molecule has 0 aromatic heterocycles. The van der Waals surface area contributed by atoms with Gasteiger partial charge in [-0.25, -0.2) is 5.43 Å². The molecule has 0 fully saturated rings. The Balaban J connectivity index is 2.22. The van der Waals surface area contributed by atoms with E-state index in [1.54, 1.807) is 6.92 Å². The minimum atomic E-state index is -0.585. The Bertz CT molecular complexity index is 752. The van der Waals surface area contributed by atoms with E-state index in [-0.39, 0.29) is 17.1 Å². The molecule has 0 heterocycles. The van der Waals surface area contributed by atoms with Gasteiger partial charge in [0.1, 0.15) is 11.5 Å². The van der Waals surface area contributed by atoms with Crippen LogP contribution in [0.25, 0.3) is 0 Å². The van der Waals surface area contributed by atoms with Crippen molar-refractivity contribution in [2.24, 2.45) is 5.10 Å². The van der Waals surface area contributed by atoms with E-state index in [9.17, 15) is 15.0 Å². The van der Waals surface area contributed by atoms with Gasteiger partial charge in [-0.3, -0.25) is 4.79 Å². The number of aryl methyl sites for hydroxylation is 2. The summed E-state index contributed by atoms with van der Waals surface area (Å²) >= 11 is 0. The molecule has 22 heavy (non-hydrogen) atoms. The molecule has 0 saturated carbocycles. The van der Waals surface area contributed by atoms with E-state index in [1.807, 2.05) is 32.0 Å². The monoisotopic (exact) mass is 298 g/mol. The zero-order valence-corrected chi connectivity index (χ0v) is 12.7. The van der Waals surface area contributed by atoms with E-state index in [4.69, 9.17) is 0 Å². The molecule has 0 atom stereocenters. The van der Waals surface area contributed by atoms with Gasteiger partial charge in [-0.2, -0.15) is 5.10 Å². The van der Waals surface area contributed by atoms with Crippen molar-refractivity contribution < 1.29 is 15.0 Å². The predicted octanol–water partition coefficient (Wildman–Crippen LogP) is 2.87. The van der Waals surface area contributed by atoms with E-state index in [0.717, 1.165) is 16.7 Å². The number of hydrogen-bond acceptors (Lipinski definition) is 4. The summed E-state index contributed by atoms with van der Waals surface area (Å²) in [6.45, 7) is 5.75. The van der Waals surface area contributed by atoms with E-state index >= 15 is 0 Å². The van der Waals surface area contributed by atoms with Crippen LogP contribution >= 0.6 is 0 Å².